The monoisotopic (exact) mass is 302 g/mol. The number of hydrogen-bond donors (Lipinski definition) is 1. The third kappa shape index (κ3) is 4.45. The first kappa shape index (κ1) is 14.8. The van der Waals surface area contributed by atoms with E-state index in [9.17, 15) is 9.90 Å². The van der Waals surface area contributed by atoms with E-state index in [0.717, 1.165) is 35.1 Å². The molecule has 0 spiro atoms. The van der Waals surface area contributed by atoms with Crippen molar-refractivity contribution in [1.82, 2.24) is 9.80 Å². The molecule has 0 radical (unpaired) electrons. The lowest BCUT2D eigenvalue weighted by molar-refractivity contribution is -0.132. The number of aliphatic hydroxyl groups excluding tert-OH is 1. The topological polar surface area (TPSA) is 43.8 Å². The smallest absolute Gasteiger partial charge is 0.236 e. The van der Waals surface area contributed by atoms with Crippen LogP contribution >= 0.6 is 22.9 Å². The minimum Gasteiger partial charge on any atom is -0.393 e. The van der Waals surface area contributed by atoms with Crippen LogP contribution in [0.15, 0.2) is 12.1 Å². The van der Waals surface area contributed by atoms with Gasteiger partial charge in [-0.15, -0.1) is 11.3 Å². The summed E-state index contributed by atoms with van der Waals surface area (Å²) in [5.41, 5.74) is 0. The lowest BCUT2D eigenvalue weighted by atomic mass is 10.1. The van der Waals surface area contributed by atoms with Crippen LogP contribution in [0.5, 0.6) is 0 Å². The molecule has 6 heteroatoms. The predicted octanol–water partition coefficient (Wildman–Crippen LogP) is 1.82. The predicted molar refractivity (Wildman–Crippen MR) is 77.5 cm³/mol. The summed E-state index contributed by atoms with van der Waals surface area (Å²) in [4.78, 5) is 17.0. The quantitative estimate of drug-likeness (QED) is 0.922. The lowest BCUT2D eigenvalue weighted by Gasteiger charge is -2.30. The summed E-state index contributed by atoms with van der Waals surface area (Å²) in [6.45, 7) is 2.63. The third-order valence-corrected chi connectivity index (χ3v) is 4.58. The first-order valence-electron chi connectivity index (χ1n) is 6.43. The Bertz CT molecular complexity index is 430. The van der Waals surface area contributed by atoms with E-state index in [2.05, 4.69) is 4.90 Å². The van der Waals surface area contributed by atoms with E-state index in [0.29, 0.717) is 13.1 Å². The number of carbonyl (C=O) groups is 1. The van der Waals surface area contributed by atoms with Crippen molar-refractivity contribution in [2.24, 2.45) is 0 Å². The van der Waals surface area contributed by atoms with Gasteiger partial charge in [0.25, 0.3) is 0 Å². The summed E-state index contributed by atoms with van der Waals surface area (Å²) in [5.74, 6) is 0.112. The number of rotatable bonds is 4. The minimum absolute atomic E-state index is 0.112. The van der Waals surface area contributed by atoms with Gasteiger partial charge in [-0.2, -0.15) is 0 Å². The minimum atomic E-state index is -0.197. The second-order valence-corrected chi connectivity index (χ2v) is 6.76. The number of likely N-dealkylation sites (tertiary alicyclic amines) is 1. The van der Waals surface area contributed by atoms with Gasteiger partial charge in [-0.25, -0.2) is 0 Å². The molecule has 19 heavy (non-hydrogen) atoms. The maximum Gasteiger partial charge on any atom is 0.236 e. The first-order chi connectivity index (χ1) is 9.04. The highest BCUT2D eigenvalue weighted by Crippen LogP contribution is 2.22. The molecule has 2 rings (SSSR count). The molecule has 0 atom stereocenters. The number of aliphatic hydroxyl groups is 1. The van der Waals surface area contributed by atoms with Crippen molar-refractivity contribution in [3.8, 4) is 0 Å². The molecular formula is C13H19ClN2O2S. The molecule has 1 amide bonds. The average Bonchev–Trinajstić information content (AvgIpc) is 2.77. The number of carbonyl (C=O) groups excluding carboxylic acids is 1. The van der Waals surface area contributed by atoms with E-state index < -0.39 is 0 Å². The van der Waals surface area contributed by atoms with E-state index in [4.69, 9.17) is 11.6 Å². The molecule has 1 fully saturated rings. The second kappa shape index (κ2) is 6.70. The van der Waals surface area contributed by atoms with Crippen molar-refractivity contribution in [2.75, 3.05) is 26.7 Å². The Morgan fingerprint density at radius 2 is 2.21 bits per heavy atom. The highest BCUT2D eigenvalue weighted by molar-refractivity contribution is 7.16. The third-order valence-electron chi connectivity index (χ3n) is 3.36. The number of amides is 1. The summed E-state index contributed by atoms with van der Waals surface area (Å²) in [5, 5.41) is 9.43. The van der Waals surface area contributed by atoms with Gasteiger partial charge in [-0.1, -0.05) is 11.6 Å². The van der Waals surface area contributed by atoms with Gasteiger partial charge >= 0.3 is 0 Å². The van der Waals surface area contributed by atoms with Gasteiger partial charge in [0.15, 0.2) is 0 Å². The van der Waals surface area contributed by atoms with Gasteiger partial charge in [0.2, 0.25) is 5.91 Å². The molecule has 2 heterocycles. The Morgan fingerprint density at radius 3 is 2.79 bits per heavy atom. The van der Waals surface area contributed by atoms with Crippen LogP contribution in [0.3, 0.4) is 0 Å². The van der Waals surface area contributed by atoms with Gasteiger partial charge in [0.05, 0.1) is 23.5 Å². The Labute approximate surface area is 122 Å². The van der Waals surface area contributed by atoms with Crippen molar-refractivity contribution in [2.45, 2.75) is 25.5 Å². The molecule has 0 bridgehead atoms. The molecule has 0 aliphatic carbocycles. The molecule has 1 aromatic heterocycles. The molecule has 4 nitrogen and oxygen atoms in total. The number of likely N-dealkylation sites (N-methyl/N-ethyl adjacent to an activating group) is 1. The molecule has 1 aromatic rings. The number of hydrogen-bond acceptors (Lipinski definition) is 4. The van der Waals surface area contributed by atoms with Crippen molar-refractivity contribution < 1.29 is 9.90 Å². The number of piperidine rings is 1. The van der Waals surface area contributed by atoms with Crippen molar-refractivity contribution in [1.29, 1.82) is 0 Å². The molecule has 0 unspecified atom stereocenters. The van der Waals surface area contributed by atoms with Crippen LogP contribution in [0.4, 0.5) is 0 Å². The van der Waals surface area contributed by atoms with Crippen LogP contribution in [-0.2, 0) is 11.3 Å². The van der Waals surface area contributed by atoms with Gasteiger partial charge in [-0.05, 0) is 25.0 Å². The van der Waals surface area contributed by atoms with Gasteiger partial charge in [0, 0.05) is 25.0 Å². The lowest BCUT2D eigenvalue weighted by Crippen LogP contribution is -2.42. The fourth-order valence-electron chi connectivity index (χ4n) is 2.15. The molecule has 106 valence electrons. The maximum atomic E-state index is 12.1. The van der Waals surface area contributed by atoms with E-state index in [1.165, 1.54) is 11.3 Å². The molecule has 1 aliphatic rings. The number of halogens is 1. The van der Waals surface area contributed by atoms with Crippen LogP contribution in [-0.4, -0.2) is 53.6 Å². The van der Waals surface area contributed by atoms with Crippen LogP contribution in [0, 0.1) is 0 Å². The van der Waals surface area contributed by atoms with E-state index in [1.807, 2.05) is 19.2 Å². The largest absolute Gasteiger partial charge is 0.393 e. The van der Waals surface area contributed by atoms with Crippen LogP contribution < -0.4 is 0 Å². The second-order valence-electron chi connectivity index (χ2n) is 4.96. The molecular weight excluding hydrogens is 284 g/mol. The summed E-state index contributed by atoms with van der Waals surface area (Å²) in [7, 11) is 1.81. The first-order valence-corrected chi connectivity index (χ1v) is 7.62. The summed E-state index contributed by atoms with van der Waals surface area (Å²) in [6, 6.07) is 3.81. The zero-order chi connectivity index (χ0) is 13.8. The van der Waals surface area contributed by atoms with Crippen LogP contribution in [0.2, 0.25) is 4.34 Å². The SMILES string of the molecule is CN(Cc1ccc(Cl)s1)C(=O)CN1CCC(O)CC1. The van der Waals surface area contributed by atoms with Gasteiger partial charge in [-0.3, -0.25) is 9.69 Å². The number of nitrogens with zero attached hydrogens (tertiary/aromatic N) is 2. The van der Waals surface area contributed by atoms with Crippen LogP contribution in [0.1, 0.15) is 17.7 Å². The molecule has 0 saturated carbocycles. The summed E-state index contributed by atoms with van der Waals surface area (Å²) >= 11 is 7.38. The fourth-order valence-corrected chi connectivity index (χ4v) is 3.29. The van der Waals surface area contributed by atoms with Gasteiger partial charge in [0.1, 0.15) is 0 Å². The van der Waals surface area contributed by atoms with E-state index in [1.54, 1.807) is 4.90 Å². The highest BCUT2D eigenvalue weighted by atomic mass is 35.5. The Kier molecular flexibility index (Phi) is 5.21. The number of thiophene rings is 1. The molecule has 1 aliphatic heterocycles. The zero-order valence-electron chi connectivity index (χ0n) is 11.0. The normalized spacial score (nSPS) is 17.6. The van der Waals surface area contributed by atoms with Crippen molar-refractivity contribution in [3.05, 3.63) is 21.3 Å². The van der Waals surface area contributed by atoms with Gasteiger partial charge < -0.3 is 10.0 Å². The van der Waals surface area contributed by atoms with E-state index >= 15 is 0 Å². The standard InChI is InChI=1S/C13H19ClN2O2S/c1-15(8-11-2-3-12(14)19-11)13(18)9-16-6-4-10(17)5-7-16/h2-3,10,17H,4-9H2,1H3. The Morgan fingerprint density at radius 1 is 1.53 bits per heavy atom. The summed E-state index contributed by atoms with van der Waals surface area (Å²) < 4.78 is 0.751. The highest BCUT2D eigenvalue weighted by Gasteiger charge is 2.20. The van der Waals surface area contributed by atoms with Crippen LogP contribution in [0.25, 0.3) is 0 Å². The fraction of sp³-hybridized carbons (Fsp3) is 0.615. The average molecular weight is 303 g/mol. The Balaban J connectivity index is 1.79. The molecule has 1 saturated heterocycles. The van der Waals surface area contributed by atoms with Crippen molar-refractivity contribution >= 4 is 28.8 Å². The molecule has 0 aromatic carbocycles. The Hall–Kier alpha value is -0.620. The molecule has 1 N–H and O–H groups in total. The van der Waals surface area contributed by atoms with Crippen molar-refractivity contribution in [3.63, 3.8) is 0 Å². The van der Waals surface area contributed by atoms with E-state index in [-0.39, 0.29) is 12.0 Å². The summed E-state index contributed by atoms with van der Waals surface area (Å²) in [6.07, 6.45) is 1.33. The zero-order valence-corrected chi connectivity index (χ0v) is 12.6. The maximum absolute atomic E-state index is 12.1.